The van der Waals surface area contributed by atoms with Gasteiger partial charge in [0.05, 0.1) is 10.9 Å². The van der Waals surface area contributed by atoms with Crippen LogP contribution in [-0.2, 0) is 9.59 Å². The van der Waals surface area contributed by atoms with E-state index >= 15 is 0 Å². The molecule has 0 bridgehead atoms. The molecule has 32 heavy (non-hydrogen) atoms. The van der Waals surface area contributed by atoms with Crippen molar-refractivity contribution in [2.75, 3.05) is 5.32 Å². The van der Waals surface area contributed by atoms with E-state index in [1.165, 1.54) is 36.0 Å². The summed E-state index contributed by atoms with van der Waals surface area (Å²) in [5.41, 5.74) is 2.08. The lowest BCUT2D eigenvalue weighted by molar-refractivity contribution is -0.120. The number of amidine groups is 2. The predicted molar refractivity (Wildman–Crippen MR) is 127 cm³/mol. The summed E-state index contributed by atoms with van der Waals surface area (Å²) in [7, 11) is 0. The Morgan fingerprint density at radius 3 is 2.56 bits per heavy atom. The zero-order valence-electron chi connectivity index (χ0n) is 18.2. The summed E-state index contributed by atoms with van der Waals surface area (Å²) >= 11 is 1.33. The second-order valence-electron chi connectivity index (χ2n) is 8.21. The zero-order chi connectivity index (χ0) is 22.8. The molecule has 0 aliphatic carbocycles. The van der Waals surface area contributed by atoms with Crippen LogP contribution in [0.3, 0.4) is 0 Å². The molecular formula is C24H25FN4O2S. The number of carbonyl (C=O) groups excluding carboxylic acids is 2. The molecule has 2 amide bonds. The lowest BCUT2D eigenvalue weighted by atomic mass is 10.0. The Morgan fingerprint density at radius 2 is 1.88 bits per heavy atom. The van der Waals surface area contributed by atoms with Crippen LogP contribution >= 0.6 is 11.8 Å². The highest BCUT2D eigenvalue weighted by Crippen LogP contribution is 2.37. The number of hydrogen-bond acceptors (Lipinski definition) is 5. The van der Waals surface area contributed by atoms with Crippen molar-refractivity contribution in [3.63, 3.8) is 0 Å². The Morgan fingerprint density at radius 1 is 1.16 bits per heavy atom. The molecule has 8 heteroatoms. The summed E-state index contributed by atoms with van der Waals surface area (Å²) in [4.78, 5) is 36.8. The van der Waals surface area contributed by atoms with Crippen LogP contribution in [0.5, 0.6) is 0 Å². The Kier molecular flexibility index (Phi) is 6.41. The molecule has 0 spiro atoms. The molecule has 2 heterocycles. The standard InChI is InChI=1S/C24H25FN4O2S/c1-4-20(23(31)26-16-11-9-15(25)10-12-16)32-24-27-18-8-6-5-7-17(18)21-28-22(30)19(29(21)24)13-14(2)3/h5-12,14,19-20H,4,13H2,1-3H3,(H,26,31). The van der Waals surface area contributed by atoms with Crippen LogP contribution in [0.1, 0.15) is 39.2 Å². The lowest BCUT2D eigenvalue weighted by Gasteiger charge is -2.32. The number of aliphatic imine (C=N–C) groups is 2. The minimum Gasteiger partial charge on any atom is -0.325 e. The Hall–Kier alpha value is -3.00. The molecule has 2 aliphatic heterocycles. The van der Waals surface area contributed by atoms with E-state index in [9.17, 15) is 14.0 Å². The fourth-order valence-corrected chi connectivity index (χ4v) is 4.83. The molecule has 2 unspecified atom stereocenters. The highest BCUT2D eigenvalue weighted by atomic mass is 32.2. The minimum atomic E-state index is -0.444. The first kappa shape index (κ1) is 22.2. The van der Waals surface area contributed by atoms with Gasteiger partial charge in [0.15, 0.2) is 5.17 Å². The largest absolute Gasteiger partial charge is 0.325 e. The number of rotatable bonds is 6. The fourth-order valence-electron chi connectivity index (χ4n) is 3.76. The SMILES string of the molecule is CCC(SC1=Nc2ccccc2C2=NC(=O)C(CC(C)C)N12)C(=O)Nc1ccc(F)cc1. The molecule has 2 atom stereocenters. The maximum atomic E-state index is 13.2. The number of halogens is 1. The van der Waals surface area contributed by atoms with Crippen LogP contribution in [0.2, 0.25) is 0 Å². The number of anilines is 1. The van der Waals surface area contributed by atoms with Crippen LogP contribution in [0.4, 0.5) is 15.8 Å². The van der Waals surface area contributed by atoms with Crippen molar-refractivity contribution in [2.24, 2.45) is 15.9 Å². The normalized spacial score (nSPS) is 18.1. The molecule has 0 saturated carbocycles. The monoisotopic (exact) mass is 452 g/mol. The zero-order valence-corrected chi connectivity index (χ0v) is 19.0. The molecule has 0 saturated heterocycles. The number of benzene rings is 2. The van der Waals surface area contributed by atoms with Crippen molar-refractivity contribution in [3.05, 3.63) is 59.9 Å². The van der Waals surface area contributed by atoms with E-state index in [4.69, 9.17) is 4.99 Å². The van der Waals surface area contributed by atoms with Crippen molar-refractivity contribution in [1.82, 2.24) is 4.90 Å². The predicted octanol–water partition coefficient (Wildman–Crippen LogP) is 4.98. The van der Waals surface area contributed by atoms with Crippen LogP contribution in [0.15, 0.2) is 58.5 Å². The van der Waals surface area contributed by atoms with Gasteiger partial charge >= 0.3 is 0 Å². The van der Waals surface area contributed by atoms with E-state index in [0.29, 0.717) is 35.5 Å². The third-order valence-electron chi connectivity index (χ3n) is 5.33. The molecule has 0 aromatic heterocycles. The number of para-hydroxylation sites is 1. The van der Waals surface area contributed by atoms with Crippen LogP contribution in [0.25, 0.3) is 0 Å². The third-order valence-corrected chi connectivity index (χ3v) is 6.66. The minimum absolute atomic E-state index is 0.178. The molecule has 0 radical (unpaired) electrons. The maximum Gasteiger partial charge on any atom is 0.270 e. The van der Waals surface area contributed by atoms with Crippen LogP contribution in [0, 0.1) is 11.7 Å². The molecule has 2 aromatic rings. The van der Waals surface area contributed by atoms with Crippen molar-refractivity contribution in [1.29, 1.82) is 0 Å². The van der Waals surface area contributed by atoms with E-state index in [1.54, 1.807) is 0 Å². The van der Waals surface area contributed by atoms with Gasteiger partial charge in [-0.1, -0.05) is 44.7 Å². The van der Waals surface area contributed by atoms with Gasteiger partial charge in [0.1, 0.15) is 17.7 Å². The second-order valence-corrected chi connectivity index (χ2v) is 9.38. The van der Waals surface area contributed by atoms with Gasteiger partial charge in [-0.2, -0.15) is 4.99 Å². The number of nitrogens with one attached hydrogen (secondary N) is 1. The summed E-state index contributed by atoms with van der Waals surface area (Å²) in [5.74, 6) is 0.159. The summed E-state index contributed by atoms with van der Waals surface area (Å²) < 4.78 is 13.2. The van der Waals surface area contributed by atoms with Crippen molar-refractivity contribution in [3.8, 4) is 0 Å². The molecule has 2 aliphatic rings. The number of amides is 2. The number of fused-ring (bicyclic) bond motifs is 3. The smallest absolute Gasteiger partial charge is 0.270 e. The van der Waals surface area contributed by atoms with E-state index in [0.717, 1.165) is 11.3 Å². The molecule has 2 aromatic carbocycles. The van der Waals surface area contributed by atoms with Crippen molar-refractivity contribution < 1.29 is 14.0 Å². The van der Waals surface area contributed by atoms with Crippen molar-refractivity contribution >= 4 is 46.0 Å². The quantitative estimate of drug-likeness (QED) is 0.671. The Labute approximate surface area is 191 Å². The highest BCUT2D eigenvalue weighted by Gasteiger charge is 2.42. The third kappa shape index (κ3) is 4.46. The Bertz CT molecular complexity index is 1100. The van der Waals surface area contributed by atoms with Crippen molar-refractivity contribution in [2.45, 2.75) is 44.9 Å². The molecule has 4 rings (SSSR count). The van der Waals surface area contributed by atoms with E-state index in [1.807, 2.05) is 36.1 Å². The first-order valence-corrected chi connectivity index (χ1v) is 11.6. The number of hydrogen-bond donors (Lipinski definition) is 1. The summed E-state index contributed by atoms with van der Waals surface area (Å²) in [6, 6.07) is 12.8. The second kappa shape index (κ2) is 9.24. The van der Waals surface area contributed by atoms with Crippen LogP contribution in [-0.4, -0.2) is 39.0 Å². The molecule has 1 N–H and O–H groups in total. The number of thioether (sulfide) groups is 1. The van der Waals surface area contributed by atoms with Gasteiger partial charge in [-0.3, -0.25) is 14.5 Å². The van der Waals surface area contributed by atoms with Crippen LogP contribution < -0.4 is 5.32 Å². The summed E-state index contributed by atoms with van der Waals surface area (Å²) in [5, 5.41) is 3.00. The maximum absolute atomic E-state index is 13.2. The number of nitrogens with zero attached hydrogens (tertiary/aromatic N) is 3. The van der Waals surface area contributed by atoms with Gasteiger partial charge in [0.25, 0.3) is 5.91 Å². The first-order chi connectivity index (χ1) is 15.4. The average Bonchev–Trinajstić information content (AvgIpc) is 3.09. The van der Waals surface area contributed by atoms with Gasteiger partial charge in [0, 0.05) is 11.3 Å². The van der Waals surface area contributed by atoms with Gasteiger partial charge in [0.2, 0.25) is 5.91 Å². The molecule has 0 fully saturated rings. The summed E-state index contributed by atoms with van der Waals surface area (Å²) in [6.45, 7) is 6.06. The fraction of sp³-hybridized carbons (Fsp3) is 0.333. The van der Waals surface area contributed by atoms with Gasteiger partial charge < -0.3 is 5.32 Å². The lowest BCUT2D eigenvalue weighted by Crippen LogP contribution is -2.45. The van der Waals surface area contributed by atoms with E-state index in [2.05, 4.69) is 24.2 Å². The molecular weight excluding hydrogens is 427 g/mol. The first-order valence-electron chi connectivity index (χ1n) is 10.7. The average molecular weight is 453 g/mol. The highest BCUT2D eigenvalue weighted by molar-refractivity contribution is 8.15. The van der Waals surface area contributed by atoms with Gasteiger partial charge in [-0.05, 0) is 55.2 Å². The number of carbonyl (C=O) groups is 2. The molecule has 6 nitrogen and oxygen atoms in total. The van der Waals surface area contributed by atoms with Gasteiger partial charge in [-0.25, -0.2) is 9.38 Å². The van der Waals surface area contributed by atoms with Gasteiger partial charge in [-0.15, -0.1) is 0 Å². The summed E-state index contributed by atoms with van der Waals surface area (Å²) in [6.07, 6.45) is 1.20. The van der Waals surface area contributed by atoms with E-state index < -0.39 is 11.3 Å². The molecule has 166 valence electrons. The Balaban J connectivity index is 1.63. The van der Waals surface area contributed by atoms with E-state index in [-0.39, 0.29) is 17.6 Å². The topological polar surface area (TPSA) is 74.1 Å².